The van der Waals surface area contributed by atoms with Crippen LogP contribution in [0.3, 0.4) is 0 Å². The average molecular weight is 309 g/mol. The topological polar surface area (TPSA) is 143 Å². The van der Waals surface area contributed by atoms with Gasteiger partial charge in [0.25, 0.3) is 0 Å². The molecule has 0 amide bonds. The van der Waals surface area contributed by atoms with Crippen LogP contribution in [-0.4, -0.2) is 41.2 Å². The maximum Gasteiger partial charge on any atom is 0.240 e. The molecule has 0 radical (unpaired) electrons. The molecule has 5 N–H and O–H groups in total. The highest BCUT2D eigenvalue weighted by Gasteiger charge is 2.16. The van der Waals surface area contributed by atoms with Crippen molar-refractivity contribution in [3.63, 3.8) is 0 Å². The van der Waals surface area contributed by atoms with Gasteiger partial charge in [-0.05, 0) is 13.1 Å². The summed E-state index contributed by atoms with van der Waals surface area (Å²) in [4.78, 5) is 3.71. The lowest BCUT2D eigenvalue weighted by Crippen LogP contribution is -2.33. The second kappa shape index (κ2) is 6.25. The summed E-state index contributed by atoms with van der Waals surface area (Å²) in [7, 11) is -6.00. The number of hydrazine groups is 1. The number of nitrogens with two attached hydrogens (primary N) is 1. The van der Waals surface area contributed by atoms with Gasteiger partial charge in [-0.3, -0.25) is 0 Å². The van der Waals surface area contributed by atoms with Gasteiger partial charge in [0.15, 0.2) is 0 Å². The predicted octanol–water partition coefficient (Wildman–Crippen LogP) is -1.81. The smallest absolute Gasteiger partial charge is 0.240 e. The summed E-state index contributed by atoms with van der Waals surface area (Å²) in [6.07, 6.45) is 1.27. The van der Waals surface area contributed by atoms with Crippen molar-refractivity contribution in [3.8, 4) is 0 Å². The molecule has 0 bridgehead atoms. The fraction of sp³-hybridized carbons (Fsp3) is 0.375. The van der Waals surface area contributed by atoms with E-state index in [4.69, 9.17) is 5.84 Å². The average Bonchev–Trinajstić information content (AvgIpc) is 2.38. The first kappa shape index (κ1) is 15.8. The SMILES string of the molecule is CNS(=O)(=O)CCNS(=O)(=O)c1ccnc(NN)c1. The molecule has 11 heteroatoms. The summed E-state index contributed by atoms with van der Waals surface area (Å²) < 4.78 is 50.2. The van der Waals surface area contributed by atoms with Gasteiger partial charge in [0.1, 0.15) is 5.82 Å². The molecule has 1 rings (SSSR count). The lowest BCUT2D eigenvalue weighted by molar-refractivity contribution is 0.578. The molecule has 0 unspecified atom stereocenters. The minimum absolute atomic E-state index is 0.0581. The van der Waals surface area contributed by atoms with Gasteiger partial charge in [-0.25, -0.2) is 37.1 Å². The third kappa shape index (κ3) is 4.72. The minimum atomic E-state index is -3.80. The zero-order valence-electron chi connectivity index (χ0n) is 10.1. The molecule has 1 heterocycles. The lowest BCUT2D eigenvalue weighted by atomic mass is 10.5. The summed E-state index contributed by atoms with van der Waals surface area (Å²) in [5, 5.41) is 0. The van der Waals surface area contributed by atoms with Gasteiger partial charge in [0.2, 0.25) is 20.0 Å². The Morgan fingerprint density at radius 3 is 2.58 bits per heavy atom. The molecule has 0 atom stereocenters. The molecule has 0 aliphatic heterocycles. The number of hydrogen-bond acceptors (Lipinski definition) is 7. The summed E-state index contributed by atoms with van der Waals surface area (Å²) in [5.74, 6) is 4.96. The highest BCUT2D eigenvalue weighted by molar-refractivity contribution is 7.90. The molecule has 1 aromatic heterocycles. The standard InChI is InChI=1S/C8H15N5O4S2/c1-10-18(14,15)5-4-12-19(16,17)7-2-3-11-8(6-7)13-9/h2-3,6,10,12H,4-5,9H2,1H3,(H,11,13). The zero-order chi connectivity index (χ0) is 14.5. The number of aromatic nitrogens is 1. The molecule has 108 valence electrons. The van der Waals surface area contributed by atoms with Crippen molar-refractivity contribution < 1.29 is 16.8 Å². The summed E-state index contributed by atoms with van der Waals surface area (Å²) in [6.45, 7) is -0.237. The van der Waals surface area contributed by atoms with Crippen molar-refractivity contribution in [1.29, 1.82) is 0 Å². The van der Waals surface area contributed by atoms with Crippen LogP contribution in [0.15, 0.2) is 23.2 Å². The number of hydrogen-bond donors (Lipinski definition) is 4. The van der Waals surface area contributed by atoms with Gasteiger partial charge >= 0.3 is 0 Å². The molecular weight excluding hydrogens is 294 g/mol. The Bertz CT molecular complexity index is 628. The number of nitrogens with zero attached hydrogens (tertiary/aromatic N) is 1. The molecule has 0 aliphatic rings. The van der Waals surface area contributed by atoms with Crippen molar-refractivity contribution in [2.45, 2.75) is 4.90 Å². The Labute approximate surface area is 111 Å². The van der Waals surface area contributed by atoms with E-state index in [9.17, 15) is 16.8 Å². The Morgan fingerprint density at radius 2 is 2.00 bits per heavy atom. The van der Waals surface area contributed by atoms with E-state index < -0.39 is 20.0 Å². The van der Waals surface area contributed by atoms with Crippen molar-refractivity contribution in [2.24, 2.45) is 5.84 Å². The fourth-order valence-corrected chi connectivity index (χ4v) is 2.90. The first-order chi connectivity index (χ1) is 8.80. The van der Waals surface area contributed by atoms with E-state index >= 15 is 0 Å². The minimum Gasteiger partial charge on any atom is -0.308 e. The first-order valence-corrected chi connectivity index (χ1v) is 8.28. The van der Waals surface area contributed by atoms with Gasteiger partial charge < -0.3 is 5.43 Å². The van der Waals surface area contributed by atoms with Gasteiger partial charge in [-0.1, -0.05) is 0 Å². The van der Waals surface area contributed by atoms with E-state index in [0.717, 1.165) is 0 Å². The Kier molecular flexibility index (Phi) is 5.20. The van der Waals surface area contributed by atoms with Crippen LogP contribution in [0.5, 0.6) is 0 Å². The molecule has 0 saturated heterocycles. The molecular formula is C8H15N5O4S2. The second-order valence-electron chi connectivity index (χ2n) is 3.44. The number of anilines is 1. The number of sulfonamides is 2. The van der Waals surface area contributed by atoms with Crippen LogP contribution in [0.2, 0.25) is 0 Å². The largest absolute Gasteiger partial charge is 0.308 e. The number of nitrogens with one attached hydrogen (secondary N) is 3. The quantitative estimate of drug-likeness (QED) is 0.343. The highest BCUT2D eigenvalue weighted by atomic mass is 32.2. The summed E-state index contributed by atoms with van der Waals surface area (Å²) >= 11 is 0. The molecule has 9 nitrogen and oxygen atoms in total. The number of nitrogen functional groups attached to an aromatic ring is 1. The van der Waals surface area contributed by atoms with E-state index in [0.29, 0.717) is 0 Å². The molecule has 0 aromatic carbocycles. The predicted molar refractivity (Wildman–Crippen MR) is 70.1 cm³/mol. The highest BCUT2D eigenvalue weighted by Crippen LogP contribution is 2.11. The number of pyridine rings is 1. The van der Waals surface area contributed by atoms with E-state index in [1.807, 2.05) is 0 Å². The Morgan fingerprint density at radius 1 is 1.32 bits per heavy atom. The Hall–Kier alpha value is -1.27. The van der Waals surface area contributed by atoms with E-state index in [-0.39, 0.29) is 23.0 Å². The molecule has 0 spiro atoms. The van der Waals surface area contributed by atoms with Crippen LogP contribution in [-0.2, 0) is 20.0 Å². The summed E-state index contributed by atoms with van der Waals surface area (Å²) in [5.41, 5.74) is 2.22. The molecule has 1 aromatic rings. The first-order valence-electron chi connectivity index (χ1n) is 5.14. The third-order valence-corrected chi connectivity index (χ3v) is 4.99. The van der Waals surface area contributed by atoms with Crippen LogP contribution in [0.25, 0.3) is 0 Å². The van der Waals surface area contributed by atoms with E-state index in [1.54, 1.807) is 0 Å². The van der Waals surface area contributed by atoms with Crippen molar-refractivity contribution >= 4 is 25.9 Å². The third-order valence-electron chi connectivity index (χ3n) is 2.16. The molecule has 0 aliphatic carbocycles. The van der Waals surface area contributed by atoms with Crippen LogP contribution >= 0.6 is 0 Å². The maximum atomic E-state index is 11.9. The molecule has 0 saturated carbocycles. The monoisotopic (exact) mass is 309 g/mol. The summed E-state index contributed by atoms with van der Waals surface area (Å²) in [6, 6.07) is 2.50. The van der Waals surface area contributed by atoms with E-state index in [2.05, 4.69) is 19.9 Å². The normalized spacial score (nSPS) is 12.3. The van der Waals surface area contributed by atoms with E-state index in [1.165, 1.54) is 25.4 Å². The van der Waals surface area contributed by atoms with Crippen molar-refractivity contribution in [2.75, 3.05) is 24.8 Å². The van der Waals surface area contributed by atoms with Crippen LogP contribution in [0, 0.1) is 0 Å². The van der Waals surface area contributed by atoms with Gasteiger partial charge in [-0.2, -0.15) is 0 Å². The van der Waals surface area contributed by atoms with Crippen LogP contribution in [0.4, 0.5) is 5.82 Å². The number of rotatable bonds is 7. The van der Waals surface area contributed by atoms with Crippen LogP contribution < -0.4 is 20.7 Å². The maximum absolute atomic E-state index is 11.9. The van der Waals surface area contributed by atoms with Gasteiger partial charge in [0, 0.05) is 18.8 Å². The zero-order valence-corrected chi connectivity index (χ0v) is 11.8. The molecule has 19 heavy (non-hydrogen) atoms. The molecule has 0 fully saturated rings. The van der Waals surface area contributed by atoms with Crippen LogP contribution in [0.1, 0.15) is 0 Å². The van der Waals surface area contributed by atoms with Crippen molar-refractivity contribution in [3.05, 3.63) is 18.3 Å². The van der Waals surface area contributed by atoms with Crippen molar-refractivity contribution in [1.82, 2.24) is 14.4 Å². The lowest BCUT2D eigenvalue weighted by Gasteiger charge is -2.07. The van der Waals surface area contributed by atoms with Gasteiger partial charge in [0.05, 0.1) is 10.6 Å². The second-order valence-corrected chi connectivity index (χ2v) is 7.25. The van der Waals surface area contributed by atoms with Gasteiger partial charge in [-0.15, -0.1) is 0 Å². The fourth-order valence-electron chi connectivity index (χ4n) is 1.15. The Balaban J connectivity index is 2.76.